The van der Waals surface area contributed by atoms with Crippen LogP contribution < -0.4 is 0 Å². The number of Topliss-reactive ketones (excluding diaryl/α,β-unsaturated/α-hetero) is 1. The minimum Gasteiger partial charge on any atom is -0.469 e. The maximum absolute atomic E-state index is 13.9. The quantitative estimate of drug-likeness (QED) is 0.164. The number of aliphatic hydroxyl groups is 6. The van der Waals surface area contributed by atoms with Gasteiger partial charge in [-0.3, -0.25) is 4.79 Å². The summed E-state index contributed by atoms with van der Waals surface area (Å²) in [6.45, 7) is 8.91. The molecule has 3 aliphatic carbocycles. The molecule has 0 spiro atoms. The number of allylic oxidation sites excluding steroid dienone is 1. The SMILES string of the molecule is CO[C@@H]1C[C@@H](O[C@@H]2CC3=CCC4C(=O)[C@@H](c5ccoc5C)CC[C@@H]4[C@@]3(C)C[C@H]2O)O[C@@H](C)[C@@H]1O[C@H]1C[C@H](O)[C@H](O[C@H]2C[C@@H](OC)[C@@H](O[C@@H]3O[C@H](CO)[C@@H](O)[C@H](O)[C@H]3O)[C@H](C)O2)[C@@H](C)O1. The van der Waals surface area contributed by atoms with Gasteiger partial charge in [0.15, 0.2) is 25.2 Å². The third-order valence-electron chi connectivity index (χ3n) is 15.5. The van der Waals surface area contributed by atoms with Gasteiger partial charge in [0.1, 0.15) is 54.3 Å². The third kappa shape index (κ3) is 9.43. The molecule has 1 aromatic heterocycles. The number of methoxy groups -OCH3 is 2. The van der Waals surface area contributed by atoms with Crippen molar-refractivity contribution < 1.29 is 87.2 Å². The fraction of sp³-hybridized carbons (Fsp3) is 0.848. The first-order valence-corrected chi connectivity index (χ1v) is 23.1. The van der Waals surface area contributed by atoms with Gasteiger partial charge < -0.3 is 82.4 Å². The molecule has 1 aromatic rings. The van der Waals surface area contributed by atoms with Crippen LogP contribution in [0.25, 0.3) is 0 Å². The topological polar surface area (TPSA) is 244 Å². The van der Waals surface area contributed by atoms with E-state index in [4.69, 9.17) is 51.8 Å². The summed E-state index contributed by atoms with van der Waals surface area (Å²) in [6, 6.07) is 1.93. The number of carbonyl (C=O) groups is 1. The van der Waals surface area contributed by atoms with Crippen molar-refractivity contribution in [1.29, 1.82) is 0 Å². The molecule has 18 nitrogen and oxygen atoms in total. The number of hydrogen-bond acceptors (Lipinski definition) is 18. The molecule has 4 saturated heterocycles. The van der Waals surface area contributed by atoms with Gasteiger partial charge in [-0.05, 0) is 77.2 Å². The highest BCUT2D eigenvalue weighted by Crippen LogP contribution is 2.58. The molecule has 23 atom stereocenters. The normalized spacial score (nSPS) is 48.9. The predicted octanol–water partition coefficient (Wildman–Crippen LogP) is 1.89. The van der Waals surface area contributed by atoms with Gasteiger partial charge in [0, 0.05) is 50.9 Å². The van der Waals surface area contributed by atoms with Crippen molar-refractivity contribution in [2.24, 2.45) is 17.3 Å². The summed E-state index contributed by atoms with van der Waals surface area (Å²) in [5.74, 6) is 1.00. The Balaban J connectivity index is 0.823. The Bertz CT molecular complexity index is 1740. The van der Waals surface area contributed by atoms with Crippen molar-refractivity contribution in [3.63, 3.8) is 0 Å². The maximum atomic E-state index is 13.9. The van der Waals surface area contributed by atoms with Crippen LogP contribution in [0.15, 0.2) is 28.4 Å². The lowest BCUT2D eigenvalue weighted by Crippen LogP contribution is -2.62. The first-order valence-electron chi connectivity index (χ1n) is 23.1. The number of ketones is 1. The van der Waals surface area contributed by atoms with Crippen molar-refractivity contribution in [1.82, 2.24) is 0 Å². The van der Waals surface area contributed by atoms with E-state index in [9.17, 15) is 35.4 Å². The van der Waals surface area contributed by atoms with Crippen LogP contribution in [0.5, 0.6) is 0 Å². The lowest BCUT2D eigenvalue weighted by atomic mass is 9.51. The number of rotatable bonds is 12. The van der Waals surface area contributed by atoms with E-state index in [-0.39, 0.29) is 41.8 Å². The molecule has 0 radical (unpaired) electrons. The van der Waals surface area contributed by atoms with Crippen LogP contribution in [0.1, 0.15) is 96.3 Å². The van der Waals surface area contributed by atoms with E-state index in [1.165, 1.54) is 12.7 Å². The fourth-order valence-electron chi connectivity index (χ4n) is 11.9. The molecule has 4 aliphatic heterocycles. The van der Waals surface area contributed by atoms with E-state index < -0.39 is 123 Å². The zero-order valence-electron chi connectivity index (χ0n) is 37.9. The van der Waals surface area contributed by atoms with Crippen LogP contribution >= 0.6 is 0 Å². The van der Waals surface area contributed by atoms with Gasteiger partial charge in [-0.2, -0.15) is 0 Å². The molecule has 1 unspecified atom stereocenters. The molecule has 7 aliphatic rings. The number of aliphatic hydroxyl groups excluding tert-OH is 6. The van der Waals surface area contributed by atoms with Crippen LogP contribution in [0.2, 0.25) is 0 Å². The minimum absolute atomic E-state index is 0.0886. The molecule has 5 heterocycles. The zero-order chi connectivity index (χ0) is 45.8. The Labute approximate surface area is 374 Å². The highest BCUT2D eigenvalue weighted by molar-refractivity contribution is 5.89. The Morgan fingerprint density at radius 2 is 1.34 bits per heavy atom. The maximum Gasteiger partial charge on any atom is 0.187 e. The molecule has 2 saturated carbocycles. The average Bonchev–Trinajstić information content (AvgIpc) is 3.69. The van der Waals surface area contributed by atoms with Gasteiger partial charge in [-0.15, -0.1) is 0 Å². The Morgan fingerprint density at radius 3 is 1.95 bits per heavy atom. The first-order chi connectivity index (χ1) is 30.5. The largest absolute Gasteiger partial charge is 0.469 e. The van der Waals surface area contributed by atoms with Crippen molar-refractivity contribution in [3.05, 3.63) is 35.3 Å². The summed E-state index contributed by atoms with van der Waals surface area (Å²) in [7, 11) is 3.09. The minimum atomic E-state index is -1.60. The molecule has 362 valence electrons. The lowest BCUT2D eigenvalue weighted by Gasteiger charge is -2.54. The summed E-state index contributed by atoms with van der Waals surface area (Å²) >= 11 is 0. The molecule has 18 heteroatoms. The summed E-state index contributed by atoms with van der Waals surface area (Å²) in [5.41, 5.74) is 1.93. The molecule has 6 fully saturated rings. The molecule has 64 heavy (non-hydrogen) atoms. The lowest BCUT2D eigenvalue weighted by molar-refractivity contribution is -0.356. The highest BCUT2D eigenvalue weighted by atomic mass is 16.8. The van der Waals surface area contributed by atoms with Crippen LogP contribution in [-0.2, 0) is 52.2 Å². The van der Waals surface area contributed by atoms with Crippen molar-refractivity contribution in [3.8, 4) is 0 Å². The molecule has 0 aromatic carbocycles. The van der Waals surface area contributed by atoms with E-state index in [0.717, 1.165) is 24.2 Å². The van der Waals surface area contributed by atoms with E-state index in [1.54, 1.807) is 27.2 Å². The van der Waals surface area contributed by atoms with Crippen LogP contribution in [0, 0.1) is 24.2 Å². The van der Waals surface area contributed by atoms with E-state index >= 15 is 0 Å². The van der Waals surface area contributed by atoms with E-state index in [0.29, 0.717) is 25.7 Å². The predicted molar refractivity (Wildman–Crippen MR) is 221 cm³/mol. The Hall–Kier alpha value is -1.95. The third-order valence-corrected chi connectivity index (χ3v) is 15.5. The summed E-state index contributed by atoms with van der Waals surface area (Å²) in [5, 5.41) is 63.5. The number of fused-ring (bicyclic) bond motifs is 3. The highest BCUT2D eigenvalue weighted by Gasteiger charge is 2.55. The van der Waals surface area contributed by atoms with Gasteiger partial charge in [0.25, 0.3) is 0 Å². The van der Waals surface area contributed by atoms with E-state index in [1.807, 2.05) is 19.9 Å². The molecular formula is C46H70O18. The van der Waals surface area contributed by atoms with E-state index in [2.05, 4.69) is 13.0 Å². The fourth-order valence-corrected chi connectivity index (χ4v) is 11.9. The Morgan fingerprint density at radius 1 is 0.734 bits per heavy atom. The van der Waals surface area contributed by atoms with Crippen molar-refractivity contribution in [2.75, 3.05) is 20.8 Å². The molecular weight excluding hydrogens is 840 g/mol. The molecule has 0 bridgehead atoms. The van der Waals surface area contributed by atoms with Crippen LogP contribution in [-0.4, -0.2) is 174 Å². The van der Waals surface area contributed by atoms with Crippen LogP contribution in [0.3, 0.4) is 0 Å². The van der Waals surface area contributed by atoms with Gasteiger partial charge in [-0.1, -0.05) is 18.6 Å². The van der Waals surface area contributed by atoms with Crippen molar-refractivity contribution >= 4 is 5.78 Å². The number of aryl methyl sites for hydroxylation is 1. The van der Waals surface area contributed by atoms with Gasteiger partial charge >= 0.3 is 0 Å². The average molecular weight is 911 g/mol. The second kappa shape index (κ2) is 19.9. The second-order valence-electron chi connectivity index (χ2n) is 19.3. The first kappa shape index (κ1) is 48.5. The van der Waals surface area contributed by atoms with Crippen LogP contribution in [0.4, 0.5) is 0 Å². The van der Waals surface area contributed by atoms with Gasteiger partial charge in [0.2, 0.25) is 0 Å². The monoisotopic (exact) mass is 910 g/mol. The summed E-state index contributed by atoms with van der Waals surface area (Å²) < 4.78 is 66.8. The molecule has 0 amide bonds. The smallest absolute Gasteiger partial charge is 0.187 e. The molecule has 8 rings (SSSR count). The Kier molecular flexibility index (Phi) is 15.1. The van der Waals surface area contributed by atoms with Gasteiger partial charge in [-0.25, -0.2) is 0 Å². The van der Waals surface area contributed by atoms with Crippen molar-refractivity contribution in [2.45, 2.75) is 209 Å². The summed E-state index contributed by atoms with van der Waals surface area (Å²) in [4.78, 5) is 13.9. The standard InChI is InChI=1S/C46H70O18/c1-20-25(12-13-56-20)26-10-11-28-27(38(26)50)9-8-24-14-31(30(49)18-46(24,28)5)60-36-16-32(54-6)43(22(3)58-36)63-35-15-29(48)42(21(2)57-35)62-37-17-33(55-7)44(23(4)59-37)64-45-41(53)40(52)39(51)34(19-47)61-45/h8,12-13,21-23,26-37,39-45,47-49,51-53H,9-11,14-19H2,1-7H3/t21-,22+,23+,26-,27?,28+,29+,30-,31-,32-,33-,34-,35+,36-,37+,39-,40+,41-,42-,43+,44+,45+,46+/m1/s1. The number of hydrogen-bond donors (Lipinski definition) is 6. The summed E-state index contributed by atoms with van der Waals surface area (Å²) in [6.07, 6.45) is -8.82. The molecule has 6 N–H and O–H groups in total. The van der Waals surface area contributed by atoms with Gasteiger partial charge in [0.05, 0.1) is 61.7 Å². The number of furan rings is 1. The number of carbonyl (C=O) groups excluding carboxylic acids is 1. The zero-order valence-corrected chi connectivity index (χ0v) is 37.9. The number of ether oxygens (including phenoxy) is 10. The second-order valence-corrected chi connectivity index (χ2v) is 19.3.